The smallest absolute Gasteiger partial charge is 0.338 e. The molecule has 0 aliphatic carbocycles. The van der Waals surface area contributed by atoms with Crippen LogP contribution >= 0.6 is 0 Å². The third kappa shape index (κ3) is 4.28. The summed E-state index contributed by atoms with van der Waals surface area (Å²) >= 11 is 0. The van der Waals surface area contributed by atoms with E-state index in [0.717, 1.165) is 0 Å². The van der Waals surface area contributed by atoms with Gasteiger partial charge in [-0.2, -0.15) is 0 Å². The van der Waals surface area contributed by atoms with E-state index in [1.807, 2.05) is 0 Å². The normalized spacial score (nSPS) is 10.2. The van der Waals surface area contributed by atoms with Gasteiger partial charge in [0.1, 0.15) is 5.69 Å². The minimum absolute atomic E-state index is 0.0738. The number of amides is 2. The number of hydrogen-bond acceptors (Lipinski definition) is 6. The van der Waals surface area contributed by atoms with E-state index in [0.29, 0.717) is 5.56 Å². The molecule has 2 rings (SSSR count). The van der Waals surface area contributed by atoms with Crippen LogP contribution in [0, 0.1) is 17.0 Å². The number of nitro benzene ring substituents is 1. The highest BCUT2D eigenvalue weighted by Gasteiger charge is 2.17. The number of benzene rings is 1. The maximum atomic E-state index is 11.9. The number of nitro groups is 1. The predicted molar refractivity (Wildman–Crippen MR) is 86.0 cm³/mol. The molecule has 0 bridgehead atoms. The molecule has 0 saturated carbocycles. The summed E-state index contributed by atoms with van der Waals surface area (Å²) in [6.45, 7) is 0.838. The summed E-state index contributed by atoms with van der Waals surface area (Å²) in [5.41, 5.74) is 0.528. The zero-order chi connectivity index (χ0) is 18.6. The zero-order valence-corrected chi connectivity index (χ0v) is 13.5. The molecule has 130 valence electrons. The van der Waals surface area contributed by atoms with Crippen LogP contribution in [-0.2, 0) is 16.6 Å². The van der Waals surface area contributed by atoms with E-state index in [9.17, 15) is 24.5 Å². The molecule has 2 aromatic rings. The van der Waals surface area contributed by atoms with Gasteiger partial charge in [0.15, 0.2) is 6.61 Å². The SMILES string of the molecule is Cc1cc(C(=O)OCC(=O)NC(=O)c2cccn2C)ccc1[N+](=O)[O-]. The summed E-state index contributed by atoms with van der Waals surface area (Å²) in [5, 5.41) is 12.8. The second-order valence-corrected chi connectivity index (χ2v) is 5.22. The van der Waals surface area contributed by atoms with Crippen LogP contribution in [0.4, 0.5) is 5.69 Å². The second-order valence-electron chi connectivity index (χ2n) is 5.22. The van der Waals surface area contributed by atoms with Gasteiger partial charge in [0.25, 0.3) is 17.5 Å². The standard InChI is InChI=1S/C16H15N3O6/c1-10-8-11(5-6-12(10)19(23)24)16(22)25-9-14(20)17-15(21)13-4-3-7-18(13)2/h3-8H,9H2,1-2H3,(H,17,20,21). The summed E-state index contributed by atoms with van der Waals surface area (Å²) in [5.74, 6) is -2.21. The predicted octanol–water partition coefficient (Wildman–Crippen LogP) is 1.36. The summed E-state index contributed by atoms with van der Waals surface area (Å²) in [7, 11) is 1.65. The van der Waals surface area contributed by atoms with Crippen LogP contribution in [0.25, 0.3) is 0 Å². The highest BCUT2D eigenvalue weighted by molar-refractivity contribution is 6.04. The van der Waals surface area contributed by atoms with Crippen LogP contribution in [0.3, 0.4) is 0 Å². The Hall–Kier alpha value is -3.49. The molecule has 1 aromatic carbocycles. The third-order valence-electron chi connectivity index (χ3n) is 3.39. The van der Waals surface area contributed by atoms with Crippen molar-refractivity contribution in [1.82, 2.24) is 9.88 Å². The van der Waals surface area contributed by atoms with Crippen LogP contribution in [0.15, 0.2) is 36.5 Å². The number of esters is 1. The summed E-state index contributed by atoms with van der Waals surface area (Å²) in [6, 6.07) is 6.91. The van der Waals surface area contributed by atoms with E-state index in [-0.39, 0.29) is 16.9 Å². The first-order chi connectivity index (χ1) is 11.8. The molecule has 0 atom stereocenters. The van der Waals surface area contributed by atoms with E-state index in [1.165, 1.54) is 35.8 Å². The fourth-order valence-electron chi connectivity index (χ4n) is 2.13. The molecule has 1 heterocycles. The van der Waals surface area contributed by atoms with Gasteiger partial charge in [-0.05, 0) is 31.2 Å². The van der Waals surface area contributed by atoms with Crippen molar-refractivity contribution < 1.29 is 24.0 Å². The first-order valence-electron chi connectivity index (χ1n) is 7.17. The van der Waals surface area contributed by atoms with Crippen molar-refractivity contribution in [1.29, 1.82) is 0 Å². The van der Waals surface area contributed by atoms with E-state index in [1.54, 1.807) is 19.3 Å². The molecule has 1 aromatic heterocycles. The maximum Gasteiger partial charge on any atom is 0.338 e. The lowest BCUT2D eigenvalue weighted by Crippen LogP contribution is -2.35. The molecule has 25 heavy (non-hydrogen) atoms. The molecular weight excluding hydrogens is 330 g/mol. The van der Waals surface area contributed by atoms with Crippen molar-refractivity contribution in [3.05, 3.63) is 63.5 Å². The zero-order valence-electron chi connectivity index (χ0n) is 13.5. The fourth-order valence-corrected chi connectivity index (χ4v) is 2.13. The fraction of sp³-hybridized carbons (Fsp3) is 0.188. The Morgan fingerprint density at radius 2 is 2.00 bits per heavy atom. The summed E-state index contributed by atoms with van der Waals surface area (Å²) < 4.78 is 6.35. The van der Waals surface area contributed by atoms with Gasteiger partial charge in [-0.1, -0.05) is 0 Å². The number of rotatable bonds is 5. The number of aryl methyl sites for hydroxylation is 2. The Morgan fingerprint density at radius 3 is 2.56 bits per heavy atom. The topological polar surface area (TPSA) is 121 Å². The Bertz CT molecular complexity index is 855. The van der Waals surface area contributed by atoms with E-state index in [4.69, 9.17) is 4.74 Å². The van der Waals surface area contributed by atoms with Gasteiger partial charge >= 0.3 is 5.97 Å². The largest absolute Gasteiger partial charge is 0.452 e. The van der Waals surface area contributed by atoms with Crippen molar-refractivity contribution in [2.24, 2.45) is 7.05 Å². The highest BCUT2D eigenvalue weighted by atomic mass is 16.6. The summed E-state index contributed by atoms with van der Waals surface area (Å²) in [6.07, 6.45) is 1.65. The van der Waals surface area contributed by atoms with Gasteiger partial charge in [-0.25, -0.2) is 4.79 Å². The number of imide groups is 1. The number of nitrogens with zero attached hydrogens (tertiary/aromatic N) is 2. The molecule has 0 aliphatic heterocycles. The average Bonchev–Trinajstić information content (AvgIpc) is 2.98. The minimum atomic E-state index is -0.820. The minimum Gasteiger partial charge on any atom is -0.452 e. The molecule has 9 heteroatoms. The highest BCUT2D eigenvalue weighted by Crippen LogP contribution is 2.19. The molecule has 0 saturated heterocycles. The number of hydrogen-bond donors (Lipinski definition) is 1. The molecule has 0 radical (unpaired) electrons. The lowest BCUT2D eigenvalue weighted by molar-refractivity contribution is -0.385. The van der Waals surface area contributed by atoms with Crippen molar-refractivity contribution in [2.45, 2.75) is 6.92 Å². The summed E-state index contributed by atoms with van der Waals surface area (Å²) in [4.78, 5) is 45.6. The molecule has 2 amide bonds. The molecule has 9 nitrogen and oxygen atoms in total. The first-order valence-corrected chi connectivity index (χ1v) is 7.17. The monoisotopic (exact) mass is 345 g/mol. The van der Waals surface area contributed by atoms with Crippen molar-refractivity contribution >= 4 is 23.5 Å². The van der Waals surface area contributed by atoms with Gasteiger partial charge in [-0.15, -0.1) is 0 Å². The number of ether oxygens (including phenoxy) is 1. The van der Waals surface area contributed by atoms with Gasteiger partial charge < -0.3 is 9.30 Å². The number of carbonyl (C=O) groups is 3. The number of aromatic nitrogens is 1. The molecular formula is C16H15N3O6. The molecule has 0 aliphatic rings. The Kier molecular flexibility index (Phi) is 5.28. The molecule has 0 spiro atoms. The molecule has 0 unspecified atom stereocenters. The van der Waals surface area contributed by atoms with Crippen molar-refractivity contribution in [2.75, 3.05) is 6.61 Å². The third-order valence-corrected chi connectivity index (χ3v) is 3.39. The average molecular weight is 345 g/mol. The molecule has 0 fully saturated rings. The van der Waals surface area contributed by atoms with Crippen LogP contribution in [-0.4, -0.2) is 33.9 Å². The Morgan fingerprint density at radius 1 is 1.28 bits per heavy atom. The molecule has 1 N–H and O–H groups in total. The van der Waals surface area contributed by atoms with Crippen molar-refractivity contribution in [3.63, 3.8) is 0 Å². The lowest BCUT2D eigenvalue weighted by atomic mass is 10.1. The van der Waals surface area contributed by atoms with Gasteiger partial charge in [0.2, 0.25) is 0 Å². The van der Waals surface area contributed by atoms with E-state index < -0.39 is 29.3 Å². The van der Waals surface area contributed by atoms with Gasteiger partial charge in [0.05, 0.1) is 10.5 Å². The van der Waals surface area contributed by atoms with Crippen LogP contribution in [0.5, 0.6) is 0 Å². The van der Waals surface area contributed by atoms with E-state index >= 15 is 0 Å². The van der Waals surface area contributed by atoms with E-state index in [2.05, 4.69) is 5.32 Å². The number of nitrogens with one attached hydrogen (secondary N) is 1. The second kappa shape index (κ2) is 7.39. The maximum absolute atomic E-state index is 11.9. The van der Waals surface area contributed by atoms with Crippen molar-refractivity contribution in [3.8, 4) is 0 Å². The van der Waals surface area contributed by atoms with Gasteiger partial charge in [-0.3, -0.25) is 25.0 Å². The Labute approximate surface area is 142 Å². The quantitative estimate of drug-likeness (QED) is 0.496. The first kappa shape index (κ1) is 17.9. The lowest BCUT2D eigenvalue weighted by Gasteiger charge is -2.07. The van der Waals surface area contributed by atoms with Crippen LogP contribution in [0.2, 0.25) is 0 Å². The Balaban J connectivity index is 1.92. The van der Waals surface area contributed by atoms with Crippen LogP contribution < -0.4 is 5.32 Å². The van der Waals surface area contributed by atoms with Crippen LogP contribution in [0.1, 0.15) is 26.4 Å². The van der Waals surface area contributed by atoms with Gasteiger partial charge in [0, 0.05) is 24.9 Å². The number of carbonyl (C=O) groups excluding carboxylic acids is 3.